The van der Waals surface area contributed by atoms with Crippen LogP contribution in [0.4, 0.5) is 9.18 Å². The van der Waals surface area contributed by atoms with Gasteiger partial charge in [0.2, 0.25) is 0 Å². The van der Waals surface area contributed by atoms with E-state index in [-0.39, 0.29) is 11.8 Å². The number of ether oxygens (including phenoxy) is 2. The molecular weight excluding hydrogens is 385 g/mol. The third-order valence-electron chi connectivity index (χ3n) is 4.52. The van der Waals surface area contributed by atoms with Crippen molar-refractivity contribution in [3.63, 3.8) is 0 Å². The number of nitrogens with one attached hydrogen (secondary N) is 3. The first-order valence-electron chi connectivity index (χ1n) is 8.95. The first kappa shape index (κ1) is 18.4. The fraction of sp³-hybridized carbons (Fsp3) is 0.250. The summed E-state index contributed by atoms with van der Waals surface area (Å²) in [4.78, 5) is 15.1. The molecule has 2 amide bonds. The van der Waals surface area contributed by atoms with Gasteiger partial charge in [-0.15, -0.1) is 0 Å². The zero-order valence-electron chi connectivity index (χ0n) is 15.0. The van der Waals surface area contributed by atoms with Crippen molar-refractivity contribution in [2.45, 2.75) is 13.0 Å². The second-order valence-electron chi connectivity index (χ2n) is 6.47. The van der Waals surface area contributed by atoms with Crippen molar-refractivity contribution in [3.05, 3.63) is 58.5 Å². The quantitative estimate of drug-likeness (QED) is 0.607. The Labute approximate surface area is 166 Å². The van der Waals surface area contributed by atoms with Crippen LogP contribution < -0.4 is 20.1 Å². The summed E-state index contributed by atoms with van der Waals surface area (Å²) < 4.78 is 24.3. The van der Waals surface area contributed by atoms with Gasteiger partial charge in [0.1, 0.15) is 19.0 Å². The Balaban J connectivity index is 1.28. The molecule has 0 saturated carbocycles. The summed E-state index contributed by atoms with van der Waals surface area (Å²) in [6.45, 7) is 1.71. The average Bonchev–Trinajstić information content (AvgIpc) is 3.08. The molecule has 0 aliphatic carbocycles. The Morgan fingerprint density at radius 2 is 2.04 bits per heavy atom. The van der Waals surface area contributed by atoms with Gasteiger partial charge in [0.25, 0.3) is 0 Å². The SMILES string of the molecule is O=C(NCCc1c[nH]c2cc(F)ccc12)NCc1cc(Cl)c2c(c1)OCCO2. The van der Waals surface area contributed by atoms with E-state index in [9.17, 15) is 9.18 Å². The number of amides is 2. The molecule has 0 unspecified atom stereocenters. The lowest BCUT2D eigenvalue weighted by Gasteiger charge is -2.20. The van der Waals surface area contributed by atoms with E-state index < -0.39 is 0 Å². The Kier molecular flexibility index (Phi) is 5.25. The number of fused-ring (bicyclic) bond motifs is 2. The number of carbonyl (C=O) groups excluding carboxylic acids is 1. The Hall–Kier alpha value is -2.93. The minimum atomic E-state index is -0.281. The summed E-state index contributed by atoms with van der Waals surface area (Å²) in [5.41, 5.74) is 2.59. The van der Waals surface area contributed by atoms with Crippen molar-refractivity contribution in [2.75, 3.05) is 19.8 Å². The fourth-order valence-electron chi connectivity index (χ4n) is 3.19. The van der Waals surface area contributed by atoms with E-state index in [2.05, 4.69) is 15.6 Å². The maximum atomic E-state index is 13.2. The number of urea groups is 1. The maximum absolute atomic E-state index is 13.2. The zero-order valence-corrected chi connectivity index (χ0v) is 15.7. The summed E-state index contributed by atoms with van der Waals surface area (Å²) in [5, 5.41) is 7.03. The van der Waals surface area contributed by atoms with Crippen LogP contribution in [0.1, 0.15) is 11.1 Å². The summed E-state index contributed by atoms with van der Waals surface area (Å²) in [5.74, 6) is 0.851. The molecule has 0 saturated heterocycles. The van der Waals surface area contributed by atoms with Crippen molar-refractivity contribution >= 4 is 28.5 Å². The number of benzene rings is 2. The van der Waals surface area contributed by atoms with Gasteiger partial charge in [0.05, 0.1) is 5.02 Å². The molecule has 28 heavy (non-hydrogen) atoms. The molecule has 0 radical (unpaired) electrons. The number of carbonyl (C=O) groups is 1. The van der Waals surface area contributed by atoms with Gasteiger partial charge >= 0.3 is 6.03 Å². The number of hydrogen-bond acceptors (Lipinski definition) is 3. The third kappa shape index (κ3) is 3.99. The second kappa shape index (κ2) is 7.98. The molecule has 0 fully saturated rings. The van der Waals surface area contributed by atoms with Crippen LogP contribution in [-0.2, 0) is 13.0 Å². The highest BCUT2D eigenvalue weighted by Crippen LogP contribution is 2.38. The minimum Gasteiger partial charge on any atom is -0.486 e. The third-order valence-corrected chi connectivity index (χ3v) is 4.80. The molecule has 6 nitrogen and oxygen atoms in total. The number of hydrogen-bond donors (Lipinski definition) is 3. The molecule has 146 valence electrons. The van der Waals surface area contributed by atoms with Crippen molar-refractivity contribution in [3.8, 4) is 11.5 Å². The first-order valence-corrected chi connectivity index (χ1v) is 9.33. The smallest absolute Gasteiger partial charge is 0.315 e. The molecule has 2 heterocycles. The predicted molar refractivity (Wildman–Crippen MR) is 105 cm³/mol. The molecule has 0 atom stereocenters. The van der Waals surface area contributed by atoms with Gasteiger partial charge in [-0.2, -0.15) is 0 Å². The molecule has 8 heteroatoms. The number of rotatable bonds is 5. The zero-order chi connectivity index (χ0) is 19.5. The van der Waals surface area contributed by atoms with Gasteiger partial charge in [0.15, 0.2) is 11.5 Å². The molecule has 4 rings (SSSR count). The predicted octanol–water partition coefficient (Wildman–Crippen LogP) is 3.77. The van der Waals surface area contributed by atoms with Crippen molar-refractivity contribution in [1.29, 1.82) is 0 Å². The lowest BCUT2D eigenvalue weighted by molar-refractivity contribution is 0.171. The van der Waals surface area contributed by atoms with Crippen molar-refractivity contribution < 1.29 is 18.7 Å². The Morgan fingerprint density at radius 1 is 1.18 bits per heavy atom. The van der Waals surface area contributed by atoms with Crippen LogP contribution in [0.25, 0.3) is 10.9 Å². The van der Waals surface area contributed by atoms with Crippen LogP contribution in [0.2, 0.25) is 5.02 Å². The van der Waals surface area contributed by atoms with E-state index in [0.717, 1.165) is 22.0 Å². The van der Waals surface area contributed by atoms with Gasteiger partial charge in [-0.3, -0.25) is 0 Å². The van der Waals surface area contributed by atoms with E-state index in [0.29, 0.717) is 49.2 Å². The number of aromatic nitrogens is 1. The lowest BCUT2D eigenvalue weighted by atomic mass is 10.1. The van der Waals surface area contributed by atoms with Gasteiger partial charge in [-0.05, 0) is 47.9 Å². The molecule has 0 bridgehead atoms. The molecule has 0 spiro atoms. The minimum absolute atomic E-state index is 0.280. The van der Waals surface area contributed by atoms with E-state index >= 15 is 0 Å². The highest BCUT2D eigenvalue weighted by Gasteiger charge is 2.16. The largest absolute Gasteiger partial charge is 0.486 e. The molecule has 1 aliphatic rings. The van der Waals surface area contributed by atoms with E-state index in [1.54, 1.807) is 12.1 Å². The van der Waals surface area contributed by atoms with E-state index in [4.69, 9.17) is 21.1 Å². The molecule has 2 aromatic carbocycles. The normalized spacial score (nSPS) is 12.8. The summed E-state index contributed by atoms with van der Waals surface area (Å²) in [6, 6.07) is 7.90. The number of aromatic amines is 1. The van der Waals surface area contributed by atoms with Gasteiger partial charge in [-0.25, -0.2) is 9.18 Å². The summed E-state index contributed by atoms with van der Waals surface area (Å²) in [6.07, 6.45) is 2.47. The molecule has 3 N–H and O–H groups in total. The number of H-pyrrole nitrogens is 1. The van der Waals surface area contributed by atoms with E-state index in [1.807, 2.05) is 12.3 Å². The average molecular weight is 404 g/mol. The van der Waals surface area contributed by atoms with Crippen molar-refractivity contribution in [1.82, 2.24) is 15.6 Å². The maximum Gasteiger partial charge on any atom is 0.315 e. The highest BCUT2D eigenvalue weighted by molar-refractivity contribution is 6.32. The van der Waals surface area contributed by atoms with Crippen LogP contribution in [-0.4, -0.2) is 30.8 Å². The summed E-state index contributed by atoms with van der Waals surface area (Å²) in [7, 11) is 0. The van der Waals surface area contributed by atoms with Crippen LogP contribution >= 0.6 is 11.6 Å². The van der Waals surface area contributed by atoms with Crippen LogP contribution in [0.15, 0.2) is 36.5 Å². The lowest BCUT2D eigenvalue weighted by Crippen LogP contribution is -2.36. The second-order valence-corrected chi connectivity index (χ2v) is 6.87. The fourth-order valence-corrected chi connectivity index (χ4v) is 3.48. The topological polar surface area (TPSA) is 75.4 Å². The Morgan fingerprint density at radius 3 is 2.93 bits per heavy atom. The van der Waals surface area contributed by atoms with Gasteiger partial charge < -0.3 is 25.1 Å². The monoisotopic (exact) mass is 403 g/mol. The first-order chi connectivity index (χ1) is 13.6. The number of halogens is 2. The Bertz CT molecular complexity index is 1020. The van der Waals surface area contributed by atoms with E-state index in [1.165, 1.54) is 12.1 Å². The highest BCUT2D eigenvalue weighted by atomic mass is 35.5. The molecular formula is C20H19ClFN3O3. The van der Waals surface area contributed by atoms with Gasteiger partial charge in [0, 0.05) is 30.2 Å². The molecule has 1 aliphatic heterocycles. The van der Waals surface area contributed by atoms with Crippen LogP contribution in [0.3, 0.4) is 0 Å². The molecule has 3 aromatic rings. The van der Waals surface area contributed by atoms with Crippen LogP contribution in [0, 0.1) is 5.82 Å². The van der Waals surface area contributed by atoms with Crippen LogP contribution in [0.5, 0.6) is 11.5 Å². The summed E-state index contributed by atoms with van der Waals surface area (Å²) >= 11 is 6.20. The molecule has 1 aromatic heterocycles. The van der Waals surface area contributed by atoms with Crippen molar-refractivity contribution in [2.24, 2.45) is 0 Å². The standard InChI is InChI=1S/C20H19ClFN3O3/c21-16-7-12(8-18-19(16)28-6-5-27-18)10-25-20(26)23-4-3-13-11-24-17-9-14(22)1-2-15(13)17/h1-2,7-9,11,24H,3-6,10H2,(H2,23,25,26). The van der Waals surface area contributed by atoms with Gasteiger partial charge in [-0.1, -0.05) is 11.6 Å².